The average Bonchev–Trinajstić information content (AvgIpc) is 3.08. The van der Waals surface area contributed by atoms with Crippen LogP contribution in [0.25, 0.3) is 10.9 Å². The second kappa shape index (κ2) is 9.80. The lowest BCUT2D eigenvalue weighted by Gasteiger charge is -2.32. The highest BCUT2D eigenvalue weighted by Crippen LogP contribution is 2.39. The Kier molecular flexibility index (Phi) is 6.67. The minimum Gasteiger partial charge on any atom is -0.493 e. The van der Waals surface area contributed by atoms with Gasteiger partial charge in [-0.15, -0.1) is 10.2 Å². The van der Waals surface area contributed by atoms with Crippen LogP contribution in [0.3, 0.4) is 0 Å². The second-order valence-electron chi connectivity index (χ2n) is 7.71. The van der Waals surface area contributed by atoms with Gasteiger partial charge < -0.3 is 19.5 Å². The minimum atomic E-state index is -0.564. The average molecular weight is 438 g/mol. The summed E-state index contributed by atoms with van der Waals surface area (Å²) in [4.78, 5) is 16.8. The first-order valence-electron chi connectivity index (χ1n) is 10.5. The highest BCUT2D eigenvalue weighted by Gasteiger charge is 2.20. The molecule has 0 saturated carbocycles. The number of aromatic hydroxyl groups is 1. The summed E-state index contributed by atoms with van der Waals surface area (Å²) in [5.41, 5.74) is 1.12. The smallest absolute Gasteiger partial charge is 0.302 e. The Hall–Kier alpha value is -3.43. The van der Waals surface area contributed by atoms with Crippen LogP contribution in [-0.4, -0.2) is 72.3 Å². The maximum absolute atomic E-state index is 12.3. The SMILES string of the molecule is COc1ccccc1OCC(=O)N=Nc1c(O)n(CN2CCN(C)CC2)c2ccccc12. The van der Waals surface area contributed by atoms with E-state index in [1.54, 1.807) is 18.2 Å². The second-order valence-corrected chi connectivity index (χ2v) is 7.71. The Morgan fingerprint density at radius 3 is 2.47 bits per heavy atom. The highest BCUT2D eigenvalue weighted by atomic mass is 16.5. The number of azo groups is 1. The van der Waals surface area contributed by atoms with E-state index < -0.39 is 5.91 Å². The van der Waals surface area contributed by atoms with Gasteiger partial charge in [-0.3, -0.25) is 14.3 Å². The third kappa shape index (κ3) is 4.74. The molecule has 9 heteroatoms. The zero-order valence-electron chi connectivity index (χ0n) is 18.3. The van der Waals surface area contributed by atoms with E-state index in [9.17, 15) is 9.90 Å². The number of benzene rings is 2. The van der Waals surface area contributed by atoms with E-state index in [0.29, 0.717) is 18.2 Å². The summed E-state index contributed by atoms with van der Waals surface area (Å²) in [6.07, 6.45) is 0. The van der Waals surface area contributed by atoms with Crippen molar-refractivity contribution in [2.24, 2.45) is 10.2 Å². The van der Waals surface area contributed by atoms with Gasteiger partial charge in [-0.1, -0.05) is 30.3 Å². The van der Waals surface area contributed by atoms with Gasteiger partial charge in [0, 0.05) is 31.6 Å². The monoisotopic (exact) mass is 437 g/mol. The fourth-order valence-electron chi connectivity index (χ4n) is 3.71. The lowest BCUT2D eigenvalue weighted by atomic mass is 10.2. The van der Waals surface area contributed by atoms with Crippen molar-refractivity contribution in [3.8, 4) is 17.4 Å². The molecule has 2 aromatic carbocycles. The zero-order valence-corrected chi connectivity index (χ0v) is 18.3. The zero-order chi connectivity index (χ0) is 22.5. The van der Waals surface area contributed by atoms with Gasteiger partial charge in [0.15, 0.2) is 23.8 Å². The Morgan fingerprint density at radius 1 is 1.03 bits per heavy atom. The first-order valence-corrected chi connectivity index (χ1v) is 10.5. The Balaban J connectivity index is 1.50. The van der Waals surface area contributed by atoms with Crippen LogP contribution in [0.5, 0.6) is 17.4 Å². The van der Waals surface area contributed by atoms with Crippen LogP contribution >= 0.6 is 0 Å². The van der Waals surface area contributed by atoms with Crippen molar-refractivity contribution in [1.82, 2.24) is 14.4 Å². The van der Waals surface area contributed by atoms with E-state index in [0.717, 1.165) is 37.1 Å². The number of carbonyl (C=O) groups excluding carboxylic acids is 1. The largest absolute Gasteiger partial charge is 0.493 e. The molecular formula is C23H27N5O4. The van der Waals surface area contributed by atoms with Crippen molar-refractivity contribution < 1.29 is 19.4 Å². The molecule has 1 aliphatic rings. The van der Waals surface area contributed by atoms with Crippen LogP contribution in [-0.2, 0) is 11.5 Å². The maximum Gasteiger partial charge on any atom is 0.302 e. The fraction of sp³-hybridized carbons (Fsp3) is 0.348. The summed E-state index contributed by atoms with van der Waals surface area (Å²) in [5, 5.41) is 19.5. The number of carbonyl (C=O) groups is 1. The normalized spacial score (nSPS) is 15.4. The predicted octanol–water partition coefficient (Wildman–Crippen LogP) is 3.25. The summed E-state index contributed by atoms with van der Waals surface area (Å²) >= 11 is 0. The molecule has 1 fully saturated rings. The Morgan fingerprint density at radius 2 is 1.72 bits per heavy atom. The molecule has 1 saturated heterocycles. The van der Waals surface area contributed by atoms with Crippen LogP contribution in [0.4, 0.5) is 5.69 Å². The molecule has 3 aromatic rings. The molecule has 2 heterocycles. The van der Waals surface area contributed by atoms with E-state index in [-0.39, 0.29) is 18.2 Å². The first kappa shape index (κ1) is 21.8. The van der Waals surface area contributed by atoms with E-state index in [1.807, 2.05) is 34.9 Å². The molecule has 0 radical (unpaired) electrons. The molecular weight excluding hydrogens is 410 g/mol. The number of piperazine rings is 1. The Labute approximate surface area is 186 Å². The van der Waals surface area contributed by atoms with Gasteiger partial charge in [-0.25, -0.2) is 0 Å². The van der Waals surface area contributed by atoms with E-state index in [2.05, 4.69) is 27.1 Å². The molecule has 1 aliphatic heterocycles. The first-order chi connectivity index (χ1) is 15.6. The number of rotatable bonds is 7. The molecule has 1 aromatic heterocycles. The topological polar surface area (TPSA) is 91.9 Å². The van der Waals surface area contributed by atoms with Crippen molar-refractivity contribution in [3.63, 3.8) is 0 Å². The standard InChI is InChI=1S/C23H27N5O4/c1-26-11-13-27(14-12-26)16-28-18-8-4-3-7-17(18)22(23(28)30)25-24-21(29)15-32-20-10-6-5-9-19(20)31-2/h3-10,30H,11-16H2,1-2H3. The number of aromatic nitrogens is 1. The Bertz CT molecular complexity index is 1120. The lowest BCUT2D eigenvalue weighted by Crippen LogP contribution is -2.44. The van der Waals surface area contributed by atoms with Gasteiger partial charge in [-0.05, 0) is 25.2 Å². The summed E-state index contributed by atoms with van der Waals surface area (Å²) in [6.45, 7) is 4.04. The van der Waals surface area contributed by atoms with Crippen LogP contribution < -0.4 is 9.47 Å². The summed E-state index contributed by atoms with van der Waals surface area (Å²) < 4.78 is 12.5. The minimum absolute atomic E-state index is 0.00711. The molecule has 9 nitrogen and oxygen atoms in total. The number of amides is 1. The number of ether oxygens (including phenoxy) is 2. The molecule has 0 spiro atoms. The molecule has 1 amide bonds. The number of hydrogen-bond acceptors (Lipinski definition) is 7. The molecule has 0 atom stereocenters. The van der Waals surface area contributed by atoms with Gasteiger partial charge >= 0.3 is 5.91 Å². The van der Waals surface area contributed by atoms with Gasteiger partial charge in [0.05, 0.1) is 19.3 Å². The fourth-order valence-corrected chi connectivity index (χ4v) is 3.71. The van der Waals surface area contributed by atoms with Crippen LogP contribution in [0, 0.1) is 0 Å². The molecule has 0 bridgehead atoms. The summed E-state index contributed by atoms with van der Waals surface area (Å²) in [5.74, 6) is 0.408. The molecule has 32 heavy (non-hydrogen) atoms. The predicted molar refractivity (Wildman–Crippen MR) is 121 cm³/mol. The maximum atomic E-state index is 12.3. The highest BCUT2D eigenvalue weighted by molar-refractivity contribution is 5.95. The number of likely N-dealkylation sites (N-methyl/N-ethyl adjacent to an activating group) is 1. The van der Waals surface area contributed by atoms with E-state index >= 15 is 0 Å². The van der Waals surface area contributed by atoms with Crippen molar-refractivity contribution in [2.75, 3.05) is 46.9 Å². The van der Waals surface area contributed by atoms with Crippen molar-refractivity contribution in [2.45, 2.75) is 6.67 Å². The summed E-state index contributed by atoms with van der Waals surface area (Å²) in [6, 6.07) is 14.6. The van der Waals surface area contributed by atoms with Gasteiger partial charge in [0.1, 0.15) is 0 Å². The molecule has 168 valence electrons. The van der Waals surface area contributed by atoms with E-state index in [1.165, 1.54) is 7.11 Å². The molecule has 0 unspecified atom stereocenters. The van der Waals surface area contributed by atoms with Gasteiger partial charge in [-0.2, -0.15) is 0 Å². The van der Waals surface area contributed by atoms with Crippen molar-refractivity contribution >= 4 is 22.5 Å². The number of hydrogen-bond donors (Lipinski definition) is 1. The summed E-state index contributed by atoms with van der Waals surface area (Å²) in [7, 11) is 3.64. The third-order valence-corrected chi connectivity index (χ3v) is 5.54. The van der Waals surface area contributed by atoms with E-state index in [4.69, 9.17) is 9.47 Å². The van der Waals surface area contributed by atoms with Crippen molar-refractivity contribution in [3.05, 3.63) is 48.5 Å². The number of para-hydroxylation sites is 3. The van der Waals surface area contributed by atoms with Crippen LogP contribution in [0.2, 0.25) is 0 Å². The van der Waals surface area contributed by atoms with Gasteiger partial charge in [0.2, 0.25) is 5.88 Å². The van der Waals surface area contributed by atoms with Crippen LogP contribution in [0.1, 0.15) is 0 Å². The lowest BCUT2D eigenvalue weighted by molar-refractivity contribution is -0.120. The molecule has 4 rings (SSSR count). The quantitative estimate of drug-likeness (QED) is 0.571. The number of nitrogens with zero attached hydrogens (tertiary/aromatic N) is 5. The third-order valence-electron chi connectivity index (χ3n) is 5.54. The number of fused-ring (bicyclic) bond motifs is 1. The van der Waals surface area contributed by atoms with Crippen molar-refractivity contribution in [1.29, 1.82) is 0 Å². The molecule has 1 N–H and O–H groups in total. The van der Waals surface area contributed by atoms with Crippen LogP contribution in [0.15, 0.2) is 58.8 Å². The molecule has 0 aliphatic carbocycles. The van der Waals surface area contributed by atoms with Gasteiger partial charge in [0.25, 0.3) is 0 Å². The number of methoxy groups -OCH3 is 1.